The number of hydrogen-bond donors (Lipinski definition) is 0. The van der Waals surface area contributed by atoms with Crippen LogP contribution in [0, 0.1) is 0 Å². The molecule has 7 nitrogen and oxygen atoms in total. The maximum atomic E-state index is 13.3. The van der Waals surface area contributed by atoms with Gasteiger partial charge in [0.2, 0.25) is 10.0 Å². The van der Waals surface area contributed by atoms with Crippen molar-refractivity contribution in [2.24, 2.45) is 0 Å². The molecule has 2 aromatic carbocycles. The predicted octanol–water partition coefficient (Wildman–Crippen LogP) is 3.08. The van der Waals surface area contributed by atoms with E-state index in [1.165, 1.54) is 26.2 Å². The number of nitrogens with zero attached hydrogens (tertiary/aromatic N) is 2. The number of fused-ring (bicyclic) bond motifs is 1. The number of hydrogen-bond acceptors (Lipinski definition) is 5. The molecule has 30 heavy (non-hydrogen) atoms. The van der Waals surface area contributed by atoms with E-state index in [4.69, 9.17) is 9.47 Å². The third kappa shape index (κ3) is 3.89. The summed E-state index contributed by atoms with van der Waals surface area (Å²) in [6, 6.07) is 12.0. The molecule has 1 amide bonds. The van der Waals surface area contributed by atoms with Gasteiger partial charge >= 0.3 is 0 Å². The van der Waals surface area contributed by atoms with Gasteiger partial charge in [0.25, 0.3) is 5.91 Å². The predicted molar refractivity (Wildman–Crippen MR) is 112 cm³/mol. The summed E-state index contributed by atoms with van der Waals surface area (Å²) in [4.78, 5) is 15.2. The van der Waals surface area contributed by atoms with Gasteiger partial charge in [0.1, 0.15) is 0 Å². The van der Waals surface area contributed by atoms with Crippen molar-refractivity contribution in [2.45, 2.75) is 30.2 Å². The molecule has 0 bridgehead atoms. The molecule has 2 aliphatic heterocycles. The monoisotopic (exact) mass is 430 g/mol. The maximum absolute atomic E-state index is 13.3. The molecular weight excluding hydrogens is 404 g/mol. The molecule has 0 unspecified atom stereocenters. The van der Waals surface area contributed by atoms with E-state index in [-0.39, 0.29) is 16.8 Å². The molecule has 4 rings (SSSR count). The van der Waals surface area contributed by atoms with Crippen LogP contribution in [-0.2, 0) is 10.0 Å². The Balaban J connectivity index is 1.61. The Bertz CT molecular complexity index is 1050. The Morgan fingerprint density at radius 1 is 1.03 bits per heavy atom. The van der Waals surface area contributed by atoms with Crippen molar-refractivity contribution in [3.05, 3.63) is 53.6 Å². The van der Waals surface area contributed by atoms with Gasteiger partial charge in [0.05, 0.1) is 24.2 Å². The van der Waals surface area contributed by atoms with Crippen LogP contribution in [0.25, 0.3) is 0 Å². The van der Waals surface area contributed by atoms with Gasteiger partial charge in [-0.15, -0.1) is 0 Å². The Labute approximate surface area is 177 Å². The average molecular weight is 431 g/mol. The molecule has 0 aliphatic carbocycles. The summed E-state index contributed by atoms with van der Waals surface area (Å²) >= 11 is 0. The number of sulfonamides is 1. The summed E-state index contributed by atoms with van der Waals surface area (Å²) in [5.41, 5.74) is 1.38. The van der Waals surface area contributed by atoms with E-state index in [0.717, 1.165) is 34.9 Å². The van der Waals surface area contributed by atoms with Crippen molar-refractivity contribution < 1.29 is 22.7 Å². The first-order valence-corrected chi connectivity index (χ1v) is 11.5. The Morgan fingerprint density at radius 3 is 2.57 bits per heavy atom. The van der Waals surface area contributed by atoms with Gasteiger partial charge in [-0.2, -0.15) is 0 Å². The van der Waals surface area contributed by atoms with Gasteiger partial charge in [-0.3, -0.25) is 4.79 Å². The third-order valence-corrected chi connectivity index (χ3v) is 7.34. The van der Waals surface area contributed by atoms with Crippen LogP contribution in [0.1, 0.15) is 41.2 Å². The Kier molecular flexibility index (Phi) is 5.71. The Hall–Kier alpha value is -2.58. The molecule has 0 aromatic heterocycles. The van der Waals surface area contributed by atoms with Crippen molar-refractivity contribution in [3.63, 3.8) is 0 Å². The minimum Gasteiger partial charge on any atom is -0.490 e. The molecule has 1 atom stereocenters. The van der Waals surface area contributed by atoms with Crippen molar-refractivity contribution in [3.8, 4) is 11.5 Å². The lowest BCUT2D eigenvalue weighted by atomic mass is 10.0. The highest BCUT2D eigenvalue weighted by Gasteiger charge is 2.32. The quantitative estimate of drug-likeness (QED) is 0.745. The summed E-state index contributed by atoms with van der Waals surface area (Å²) < 4.78 is 37.6. The van der Waals surface area contributed by atoms with Gasteiger partial charge in [-0.25, -0.2) is 12.7 Å². The van der Waals surface area contributed by atoms with Crippen LogP contribution in [0.4, 0.5) is 0 Å². The highest BCUT2D eigenvalue weighted by molar-refractivity contribution is 7.89. The van der Waals surface area contributed by atoms with E-state index in [1.807, 2.05) is 23.1 Å². The zero-order valence-electron chi connectivity index (χ0n) is 17.2. The SMILES string of the molecule is CN(C)S(=O)(=O)c1cccc(C(=O)N2CCC[C@@H]2c2ccc3c(c2)OCCCO3)c1. The number of carbonyl (C=O) groups excluding carboxylic acids is 1. The van der Waals surface area contributed by atoms with Crippen LogP contribution in [0.15, 0.2) is 47.4 Å². The summed E-state index contributed by atoms with van der Waals surface area (Å²) in [6.45, 7) is 1.87. The fourth-order valence-electron chi connectivity index (χ4n) is 3.91. The number of amides is 1. The number of likely N-dealkylation sites (tertiary alicyclic amines) is 1. The lowest BCUT2D eigenvalue weighted by Gasteiger charge is -2.26. The van der Waals surface area contributed by atoms with E-state index in [2.05, 4.69) is 0 Å². The molecule has 0 radical (unpaired) electrons. The highest BCUT2D eigenvalue weighted by Crippen LogP contribution is 2.38. The summed E-state index contributed by atoms with van der Waals surface area (Å²) in [6.07, 6.45) is 2.58. The van der Waals surface area contributed by atoms with E-state index in [1.54, 1.807) is 12.1 Å². The van der Waals surface area contributed by atoms with E-state index in [9.17, 15) is 13.2 Å². The normalized spacial score (nSPS) is 19.0. The standard InChI is InChI=1S/C22H26N2O5S/c1-23(2)30(26,27)18-7-3-6-17(14-18)22(25)24-11-4-8-19(24)16-9-10-20-21(15-16)29-13-5-12-28-20/h3,6-7,9-10,14-15,19H,4-5,8,11-13H2,1-2H3/t19-/m1/s1. The fraction of sp³-hybridized carbons (Fsp3) is 0.409. The van der Waals surface area contributed by atoms with Crippen LogP contribution in [0.2, 0.25) is 0 Å². The average Bonchev–Trinajstić information content (AvgIpc) is 3.11. The zero-order chi connectivity index (χ0) is 21.3. The van der Waals surface area contributed by atoms with Crippen LogP contribution >= 0.6 is 0 Å². The molecule has 0 saturated carbocycles. The van der Waals surface area contributed by atoms with Gasteiger partial charge in [0.15, 0.2) is 11.5 Å². The summed E-state index contributed by atoms with van der Waals surface area (Å²) in [5, 5.41) is 0. The molecule has 1 saturated heterocycles. The van der Waals surface area contributed by atoms with Gasteiger partial charge in [-0.1, -0.05) is 12.1 Å². The second kappa shape index (κ2) is 8.28. The molecule has 160 valence electrons. The smallest absolute Gasteiger partial charge is 0.254 e. The lowest BCUT2D eigenvalue weighted by Crippen LogP contribution is -2.31. The third-order valence-electron chi connectivity index (χ3n) is 5.53. The van der Waals surface area contributed by atoms with Gasteiger partial charge < -0.3 is 14.4 Å². The first-order valence-electron chi connectivity index (χ1n) is 10.1. The second-order valence-corrected chi connectivity index (χ2v) is 9.88. The largest absolute Gasteiger partial charge is 0.490 e. The minimum absolute atomic E-state index is 0.0798. The molecule has 2 aromatic rings. The lowest BCUT2D eigenvalue weighted by molar-refractivity contribution is 0.0735. The number of carbonyl (C=O) groups is 1. The Morgan fingerprint density at radius 2 is 1.80 bits per heavy atom. The number of ether oxygens (including phenoxy) is 2. The minimum atomic E-state index is -3.60. The molecule has 0 N–H and O–H groups in total. The van der Waals surface area contributed by atoms with E-state index < -0.39 is 10.0 Å². The molecule has 2 heterocycles. The first-order chi connectivity index (χ1) is 14.4. The van der Waals surface area contributed by atoms with Crippen LogP contribution in [0.5, 0.6) is 11.5 Å². The van der Waals surface area contributed by atoms with Crippen LogP contribution in [-0.4, -0.2) is 57.4 Å². The van der Waals surface area contributed by atoms with Crippen molar-refractivity contribution in [1.29, 1.82) is 0 Å². The maximum Gasteiger partial charge on any atom is 0.254 e. The van der Waals surface area contributed by atoms with E-state index in [0.29, 0.717) is 31.1 Å². The van der Waals surface area contributed by atoms with Crippen LogP contribution in [0.3, 0.4) is 0 Å². The second-order valence-electron chi connectivity index (χ2n) is 7.73. The zero-order valence-corrected chi connectivity index (χ0v) is 18.0. The van der Waals surface area contributed by atoms with Gasteiger partial charge in [-0.05, 0) is 48.7 Å². The molecule has 8 heteroatoms. The molecule has 2 aliphatic rings. The van der Waals surface area contributed by atoms with Crippen molar-refractivity contribution in [1.82, 2.24) is 9.21 Å². The molecular formula is C22H26N2O5S. The van der Waals surface area contributed by atoms with Crippen molar-refractivity contribution in [2.75, 3.05) is 33.9 Å². The molecule has 0 spiro atoms. The molecule has 1 fully saturated rings. The highest BCUT2D eigenvalue weighted by atomic mass is 32.2. The topological polar surface area (TPSA) is 76.2 Å². The van der Waals surface area contributed by atoms with E-state index >= 15 is 0 Å². The first kappa shape index (κ1) is 20.7. The van der Waals surface area contributed by atoms with Crippen molar-refractivity contribution >= 4 is 15.9 Å². The number of rotatable bonds is 4. The fourth-order valence-corrected chi connectivity index (χ4v) is 4.86. The number of benzene rings is 2. The van der Waals surface area contributed by atoms with Crippen LogP contribution < -0.4 is 9.47 Å². The summed E-state index contributed by atoms with van der Waals surface area (Å²) in [5.74, 6) is 1.28. The van der Waals surface area contributed by atoms with Gasteiger partial charge in [0, 0.05) is 32.6 Å². The summed E-state index contributed by atoms with van der Waals surface area (Å²) in [7, 11) is -0.650.